The van der Waals surface area contributed by atoms with Crippen LogP contribution in [0, 0.1) is 5.41 Å². The molecule has 2 nitrogen and oxygen atoms in total. The maximum Gasteiger partial charge on any atom is 0.196 e. The Kier molecular flexibility index (Phi) is 2.81. The van der Waals surface area contributed by atoms with Gasteiger partial charge in [-0.15, -0.1) is 0 Å². The summed E-state index contributed by atoms with van der Waals surface area (Å²) in [6, 6.07) is 7.48. The molecule has 1 heterocycles. The molecule has 0 saturated carbocycles. The molecule has 0 spiro atoms. The molecule has 0 N–H and O–H groups in total. The van der Waals surface area contributed by atoms with Crippen LogP contribution < -0.4 is 5.43 Å². The molecule has 0 bridgehead atoms. The molecule has 19 heavy (non-hydrogen) atoms. The lowest BCUT2D eigenvalue weighted by molar-refractivity contribution is 0.341. The van der Waals surface area contributed by atoms with E-state index in [4.69, 9.17) is 4.42 Å². The van der Waals surface area contributed by atoms with Crippen LogP contribution in [0.15, 0.2) is 39.6 Å². The van der Waals surface area contributed by atoms with E-state index in [1.165, 1.54) is 0 Å². The first-order valence-corrected chi connectivity index (χ1v) is 6.93. The zero-order chi connectivity index (χ0) is 13.5. The first-order chi connectivity index (χ1) is 9.19. The maximum atomic E-state index is 12.6. The summed E-state index contributed by atoms with van der Waals surface area (Å²) in [6.07, 6.45) is 7.09. The molecule has 0 radical (unpaired) electrons. The minimum absolute atomic E-state index is 0.115. The quantitative estimate of drug-likeness (QED) is 0.805. The summed E-state index contributed by atoms with van der Waals surface area (Å²) < 4.78 is 5.86. The van der Waals surface area contributed by atoms with E-state index in [1.54, 1.807) is 0 Å². The Balaban J connectivity index is 2.25. The summed E-state index contributed by atoms with van der Waals surface area (Å²) in [5.74, 6) is 0.737. The number of hydrogen-bond donors (Lipinski definition) is 0. The molecule has 3 rings (SSSR count). The Hall–Kier alpha value is -1.83. The molecule has 0 aliphatic heterocycles. The molecule has 0 fully saturated rings. The first-order valence-electron chi connectivity index (χ1n) is 6.93. The molecule has 2 heteroatoms. The van der Waals surface area contributed by atoms with Gasteiger partial charge in [-0.25, -0.2) is 0 Å². The maximum absolute atomic E-state index is 12.6. The van der Waals surface area contributed by atoms with E-state index in [-0.39, 0.29) is 10.8 Å². The number of para-hydroxylation sites is 1. The van der Waals surface area contributed by atoms with Crippen LogP contribution >= 0.6 is 0 Å². The third-order valence-electron chi connectivity index (χ3n) is 4.45. The zero-order valence-electron chi connectivity index (χ0n) is 11.4. The summed E-state index contributed by atoms with van der Waals surface area (Å²) >= 11 is 0. The third kappa shape index (κ3) is 1.83. The van der Waals surface area contributed by atoms with Crippen LogP contribution in [0.3, 0.4) is 0 Å². The van der Waals surface area contributed by atoms with E-state index in [2.05, 4.69) is 19.9 Å². The van der Waals surface area contributed by atoms with Crippen molar-refractivity contribution in [2.45, 2.75) is 33.1 Å². The Morgan fingerprint density at radius 1 is 1.21 bits per heavy atom. The number of allylic oxidation sites excluding steroid dienone is 1. The fourth-order valence-electron chi connectivity index (χ4n) is 2.90. The fraction of sp³-hybridized carbons (Fsp3) is 0.353. The molecule has 1 aromatic carbocycles. The van der Waals surface area contributed by atoms with Crippen molar-refractivity contribution in [3.63, 3.8) is 0 Å². The molecule has 98 valence electrons. The van der Waals surface area contributed by atoms with E-state index in [0.717, 1.165) is 30.6 Å². The normalized spacial score (nSPS) is 16.5. The molecule has 0 amide bonds. The smallest absolute Gasteiger partial charge is 0.196 e. The summed E-state index contributed by atoms with van der Waals surface area (Å²) in [4.78, 5) is 12.6. The number of benzene rings is 1. The van der Waals surface area contributed by atoms with Gasteiger partial charge in [-0.3, -0.25) is 4.79 Å². The predicted molar refractivity (Wildman–Crippen MR) is 78.2 cm³/mol. The van der Waals surface area contributed by atoms with Crippen molar-refractivity contribution in [1.29, 1.82) is 0 Å². The Morgan fingerprint density at radius 2 is 1.95 bits per heavy atom. The molecule has 0 atom stereocenters. The van der Waals surface area contributed by atoms with E-state index >= 15 is 0 Å². The lowest BCUT2D eigenvalue weighted by atomic mass is 9.74. The Morgan fingerprint density at radius 3 is 2.68 bits per heavy atom. The van der Waals surface area contributed by atoms with Crippen LogP contribution in [0.2, 0.25) is 0 Å². The highest BCUT2D eigenvalue weighted by molar-refractivity contribution is 5.78. The highest BCUT2D eigenvalue weighted by atomic mass is 16.3. The van der Waals surface area contributed by atoms with Crippen LogP contribution in [-0.2, 0) is 6.42 Å². The minimum atomic E-state index is 0.115. The van der Waals surface area contributed by atoms with Gasteiger partial charge in [-0.05, 0) is 42.9 Å². The van der Waals surface area contributed by atoms with Crippen molar-refractivity contribution >= 4 is 17.0 Å². The van der Waals surface area contributed by atoms with Crippen molar-refractivity contribution in [3.05, 3.63) is 51.9 Å². The lowest BCUT2D eigenvalue weighted by Gasteiger charge is -2.31. The SMILES string of the molecule is CCC1(CC)C=Cc2oc3ccccc3c(=O)c2C1. The van der Waals surface area contributed by atoms with Gasteiger partial charge in [-0.2, -0.15) is 0 Å². The van der Waals surface area contributed by atoms with Gasteiger partial charge in [-0.1, -0.05) is 32.1 Å². The molecule has 0 unspecified atom stereocenters. The summed E-state index contributed by atoms with van der Waals surface area (Å²) in [5, 5.41) is 0.692. The van der Waals surface area contributed by atoms with Crippen LogP contribution in [-0.4, -0.2) is 0 Å². The summed E-state index contributed by atoms with van der Waals surface area (Å²) in [7, 11) is 0. The van der Waals surface area contributed by atoms with E-state index in [0.29, 0.717) is 11.0 Å². The van der Waals surface area contributed by atoms with Crippen LogP contribution in [0.4, 0.5) is 0 Å². The standard InChI is InChI=1S/C17H18O2/c1-3-17(4-2)10-9-15-13(11-17)16(18)12-7-5-6-8-14(12)19-15/h5-10H,3-4,11H2,1-2H3. The second-order valence-corrected chi connectivity index (χ2v) is 5.35. The van der Waals surface area contributed by atoms with Gasteiger partial charge >= 0.3 is 0 Å². The second kappa shape index (κ2) is 4.37. The van der Waals surface area contributed by atoms with Gasteiger partial charge in [0.1, 0.15) is 11.3 Å². The third-order valence-corrected chi connectivity index (χ3v) is 4.45. The highest BCUT2D eigenvalue weighted by Crippen LogP contribution is 2.37. The Labute approximate surface area is 112 Å². The largest absolute Gasteiger partial charge is 0.456 e. The second-order valence-electron chi connectivity index (χ2n) is 5.35. The van der Waals surface area contributed by atoms with Gasteiger partial charge in [0.15, 0.2) is 5.43 Å². The van der Waals surface area contributed by atoms with Crippen molar-refractivity contribution < 1.29 is 4.42 Å². The average Bonchev–Trinajstić information content (AvgIpc) is 2.47. The molecular weight excluding hydrogens is 236 g/mol. The van der Waals surface area contributed by atoms with Crippen molar-refractivity contribution in [2.75, 3.05) is 0 Å². The van der Waals surface area contributed by atoms with Gasteiger partial charge < -0.3 is 4.42 Å². The molecule has 1 aliphatic rings. The Bertz CT molecular complexity index is 703. The van der Waals surface area contributed by atoms with E-state index in [1.807, 2.05) is 30.3 Å². The number of fused-ring (bicyclic) bond motifs is 2. The average molecular weight is 254 g/mol. The topological polar surface area (TPSA) is 30.2 Å². The first kappa shape index (κ1) is 12.2. The molecule has 1 aliphatic carbocycles. The van der Waals surface area contributed by atoms with Crippen molar-refractivity contribution in [1.82, 2.24) is 0 Å². The van der Waals surface area contributed by atoms with Gasteiger partial charge in [0, 0.05) is 5.56 Å². The van der Waals surface area contributed by atoms with Crippen LogP contribution in [0.5, 0.6) is 0 Å². The molecule has 0 saturated heterocycles. The minimum Gasteiger partial charge on any atom is -0.456 e. The highest BCUT2D eigenvalue weighted by Gasteiger charge is 2.30. The molecular formula is C17H18O2. The zero-order valence-corrected chi connectivity index (χ0v) is 11.4. The van der Waals surface area contributed by atoms with Gasteiger partial charge in [0.05, 0.1) is 5.39 Å². The number of rotatable bonds is 2. The van der Waals surface area contributed by atoms with E-state index in [9.17, 15) is 4.79 Å². The molecule has 1 aromatic heterocycles. The predicted octanol–water partition coefficient (Wildman–Crippen LogP) is 4.17. The lowest BCUT2D eigenvalue weighted by Crippen LogP contribution is -2.27. The van der Waals surface area contributed by atoms with E-state index < -0.39 is 0 Å². The van der Waals surface area contributed by atoms with Crippen molar-refractivity contribution in [2.24, 2.45) is 5.41 Å². The van der Waals surface area contributed by atoms with Crippen LogP contribution in [0.1, 0.15) is 38.0 Å². The van der Waals surface area contributed by atoms with Crippen LogP contribution in [0.25, 0.3) is 17.0 Å². The van der Waals surface area contributed by atoms with Crippen molar-refractivity contribution in [3.8, 4) is 0 Å². The monoisotopic (exact) mass is 254 g/mol. The fourth-order valence-corrected chi connectivity index (χ4v) is 2.90. The summed E-state index contributed by atoms with van der Waals surface area (Å²) in [5.41, 5.74) is 1.76. The summed E-state index contributed by atoms with van der Waals surface area (Å²) in [6.45, 7) is 4.36. The molecule has 2 aromatic rings. The van der Waals surface area contributed by atoms with Gasteiger partial charge in [0.2, 0.25) is 0 Å². The van der Waals surface area contributed by atoms with Gasteiger partial charge in [0.25, 0.3) is 0 Å². The number of hydrogen-bond acceptors (Lipinski definition) is 2.